The summed E-state index contributed by atoms with van der Waals surface area (Å²) >= 11 is 0. The van der Waals surface area contributed by atoms with Crippen molar-refractivity contribution in [2.24, 2.45) is 0 Å². The van der Waals surface area contributed by atoms with Crippen molar-refractivity contribution in [1.29, 1.82) is 0 Å². The van der Waals surface area contributed by atoms with Crippen LogP contribution in [0.2, 0.25) is 0 Å². The van der Waals surface area contributed by atoms with E-state index in [0.29, 0.717) is 11.7 Å². The number of nitrogens with zero attached hydrogens (tertiary/aromatic N) is 2. The molecule has 0 amide bonds. The molecule has 1 N–H and O–H groups in total. The highest BCUT2D eigenvalue weighted by atomic mass is 19.1. The number of aryl methyl sites for hydroxylation is 1. The van der Waals surface area contributed by atoms with Gasteiger partial charge in [-0.1, -0.05) is 18.5 Å². The first-order valence-corrected chi connectivity index (χ1v) is 7.46. The van der Waals surface area contributed by atoms with E-state index in [1.54, 1.807) is 6.07 Å². The van der Waals surface area contributed by atoms with E-state index in [4.69, 9.17) is 4.52 Å². The highest BCUT2D eigenvalue weighted by Gasteiger charge is 2.40. The van der Waals surface area contributed by atoms with Crippen LogP contribution in [-0.2, 0) is 5.41 Å². The summed E-state index contributed by atoms with van der Waals surface area (Å²) in [6.45, 7) is 5.88. The van der Waals surface area contributed by atoms with Crippen molar-refractivity contribution in [3.63, 3.8) is 0 Å². The average Bonchev–Trinajstić information content (AvgIpc) is 3.08. The van der Waals surface area contributed by atoms with Crippen LogP contribution >= 0.6 is 0 Å². The van der Waals surface area contributed by atoms with E-state index in [9.17, 15) is 4.39 Å². The lowest BCUT2D eigenvalue weighted by Gasteiger charge is -2.22. The van der Waals surface area contributed by atoms with E-state index in [0.717, 1.165) is 43.5 Å². The first-order chi connectivity index (χ1) is 10.1. The molecule has 2 aromatic rings. The number of aromatic nitrogens is 2. The molecular formula is C16H20FN3O. The average molecular weight is 289 g/mol. The van der Waals surface area contributed by atoms with Gasteiger partial charge in [0.25, 0.3) is 0 Å². The standard InChI is InChI=1S/C16H20FN3O/c1-3-6-16(7-8-18-10-16)15-19-14(20-21-15)13-5-4-12(17)9-11(13)2/h4-5,9,18H,3,6-8,10H2,1-2H3. The number of hydrogen-bond acceptors (Lipinski definition) is 4. The number of nitrogens with one attached hydrogen (secondary N) is 1. The van der Waals surface area contributed by atoms with Crippen LogP contribution < -0.4 is 5.32 Å². The summed E-state index contributed by atoms with van der Waals surface area (Å²) < 4.78 is 18.8. The molecule has 1 aliphatic heterocycles. The van der Waals surface area contributed by atoms with Crippen molar-refractivity contribution in [2.45, 2.75) is 38.5 Å². The third kappa shape index (κ3) is 2.58. The van der Waals surface area contributed by atoms with Crippen LogP contribution in [0.3, 0.4) is 0 Å². The fourth-order valence-corrected chi connectivity index (χ4v) is 3.15. The van der Waals surface area contributed by atoms with Crippen LogP contribution in [0.15, 0.2) is 22.7 Å². The number of hydrogen-bond donors (Lipinski definition) is 1. The summed E-state index contributed by atoms with van der Waals surface area (Å²) in [6.07, 6.45) is 3.13. The fraction of sp³-hybridized carbons (Fsp3) is 0.500. The van der Waals surface area contributed by atoms with Gasteiger partial charge < -0.3 is 9.84 Å². The molecule has 0 spiro atoms. The molecule has 1 unspecified atom stereocenters. The molecule has 0 aliphatic carbocycles. The van der Waals surface area contributed by atoms with Gasteiger partial charge in [0.1, 0.15) is 5.82 Å². The van der Waals surface area contributed by atoms with Crippen LogP contribution in [0.5, 0.6) is 0 Å². The molecule has 0 radical (unpaired) electrons. The van der Waals surface area contributed by atoms with Gasteiger partial charge in [0, 0.05) is 12.1 Å². The van der Waals surface area contributed by atoms with Gasteiger partial charge in [0.15, 0.2) is 0 Å². The van der Waals surface area contributed by atoms with Crippen molar-refractivity contribution in [1.82, 2.24) is 15.5 Å². The maximum atomic E-state index is 13.2. The van der Waals surface area contributed by atoms with Gasteiger partial charge >= 0.3 is 0 Å². The monoisotopic (exact) mass is 289 g/mol. The fourth-order valence-electron chi connectivity index (χ4n) is 3.15. The largest absolute Gasteiger partial charge is 0.338 e. The molecule has 0 saturated carbocycles. The van der Waals surface area contributed by atoms with E-state index in [1.165, 1.54) is 12.1 Å². The lowest BCUT2D eigenvalue weighted by Crippen LogP contribution is -2.29. The second-order valence-electron chi connectivity index (χ2n) is 5.84. The zero-order valence-electron chi connectivity index (χ0n) is 12.4. The van der Waals surface area contributed by atoms with Gasteiger partial charge in [-0.2, -0.15) is 4.98 Å². The molecular weight excluding hydrogens is 269 g/mol. The Morgan fingerprint density at radius 1 is 1.43 bits per heavy atom. The van der Waals surface area contributed by atoms with Crippen molar-refractivity contribution in [3.8, 4) is 11.4 Å². The van der Waals surface area contributed by atoms with Gasteiger partial charge in [-0.15, -0.1) is 0 Å². The van der Waals surface area contributed by atoms with Crippen molar-refractivity contribution in [3.05, 3.63) is 35.5 Å². The molecule has 4 nitrogen and oxygen atoms in total. The Labute approximate surface area is 123 Å². The predicted molar refractivity (Wildman–Crippen MR) is 78.5 cm³/mol. The van der Waals surface area contributed by atoms with Crippen LogP contribution in [0.1, 0.15) is 37.6 Å². The topological polar surface area (TPSA) is 51.0 Å². The van der Waals surface area contributed by atoms with Crippen molar-refractivity contribution in [2.75, 3.05) is 13.1 Å². The Morgan fingerprint density at radius 2 is 2.29 bits per heavy atom. The molecule has 21 heavy (non-hydrogen) atoms. The lowest BCUT2D eigenvalue weighted by molar-refractivity contribution is 0.277. The highest BCUT2D eigenvalue weighted by molar-refractivity contribution is 5.59. The normalized spacial score (nSPS) is 21.9. The van der Waals surface area contributed by atoms with Gasteiger partial charge in [-0.3, -0.25) is 0 Å². The van der Waals surface area contributed by atoms with E-state index in [2.05, 4.69) is 22.4 Å². The third-order valence-corrected chi connectivity index (χ3v) is 4.28. The first-order valence-electron chi connectivity index (χ1n) is 7.46. The minimum Gasteiger partial charge on any atom is -0.338 e. The van der Waals surface area contributed by atoms with Gasteiger partial charge in [-0.25, -0.2) is 4.39 Å². The van der Waals surface area contributed by atoms with E-state index < -0.39 is 0 Å². The summed E-state index contributed by atoms with van der Waals surface area (Å²) in [7, 11) is 0. The predicted octanol–water partition coefficient (Wildman–Crippen LogP) is 3.22. The molecule has 1 aromatic carbocycles. The Hall–Kier alpha value is -1.75. The maximum Gasteiger partial charge on any atom is 0.234 e. The minimum atomic E-state index is -0.248. The van der Waals surface area contributed by atoms with Crippen LogP contribution in [0, 0.1) is 12.7 Å². The Bertz CT molecular complexity index is 632. The van der Waals surface area contributed by atoms with Crippen LogP contribution in [0.25, 0.3) is 11.4 Å². The molecule has 5 heteroatoms. The second-order valence-corrected chi connectivity index (χ2v) is 5.84. The summed E-state index contributed by atoms with van der Waals surface area (Å²) in [5.41, 5.74) is 1.59. The Morgan fingerprint density at radius 3 is 2.95 bits per heavy atom. The molecule has 1 atom stereocenters. The summed E-state index contributed by atoms with van der Waals surface area (Å²) in [4.78, 5) is 4.60. The second kappa shape index (κ2) is 5.56. The zero-order valence-corrected chi connectivity index (χ0v) is 12.4. The molecule has 112 valence electrons. The van der Waals surface area contributed by atoms with E-state index in [1.807, 2.05) is 6.92 Å². The molecule has 3 rings (SSSR count). The lowest BCUT2D eigenvalue weighted by atomic mass is 9.82. The summed E-state index contributed by atoms with van der Waals surface area (Å²) in [5, 5.41) is 7.50. The zero-order chi connectivity index (χ0) is 14.9. The molecule has 0 bridgehead atoms. The van der Waals surface area contributed by atoms with Crippen LogP contribution in [-0.4, -0.2) is 23.2 Å². The number of benzene rings is 1. The molecule has 2 heterocycles. The van der Waals surface area contributed by atoms with Crippen molar-refractivity contribution < 1.29 is 8.91 Å². The van der Waals surface area contributed by atoms with Crippen LogP contribution in [0.4, 0.5) is 4.39 Å². The highest BCUT2D eigenvalue weighted by Crippen LogP contribution is 2.35. The Kier molecular flexibility index (Phi) is 3.76. The number of halogens is 1. The number of rotatable bonds is 4. The quantitative estimate of drug-likeness (QED) is 0.939. The smallest absolute Gasteiger partial charge is 0.234 e. The maximum absolute atomic E-state index is 13.2. The molecule has 1 fully saturated rings. The van der Waals surface area contributed by atoms with Gasteiger partial charge in [0.05, 0.1) is 5.41 Å². The van der Waals surface area contributed by atoms with E-state index >= 15 is 0 Å². The Balaban J connectivity index is 1.95. The van der Waals surface area contributed by atoms with E-state index in [-0.39, 0.29) is 11.2 Å². The molecule has 1 aromatic heterocycles. The first kappa shape index (κ1) is 14.2. The molecule has 1 aliphatic rings. The summed E-state index contributed by atoms with van der Waals surface area (Å²) in [6, 6.07) is 4.63. The third-order valence-electron chi connectivity index (χ3n) is 4.28. The SMILES string of the molecule is CCCC1(c2nc(-c3ccc(F)cc3C)no2)CCNC1. The van der Waals surface area contributed by atoms with Gasteiger partial charge in [0.2, 0.25) is 11.7 Å². The minimum absolute atomic E-state index is 0.0477. The van der Waals surface area contributed by atoms with Crippen molar-refractivity contribution >= 4 is 0 Å². The van der Waals surface area contributed by atoms with Gasteiger partial charge in [-0.05, 0) is 50.1 Å². The molecule has 1 saturated heterocycles. The summed E-state index contributed by atoms with van der Waals surface area (Å²) in [5.74, 6) is 1.00.